The number of thiophene rings is 1. The summed E-state index contributed by atoms with van der Waals surface area (Å²) in [5, 5.41) is 5.33. The van der Waals surface area contributed by atoms with E-state index in [1.54, 1.807) is 0 Å². The van der Waals surface area contributed by atoms with Gasteiger partial charge in [0.1, 0.15) is 16.5 Å². The first-order chi connectivity index (χ1) is 10.8. The molecule has 0 unspecified atom stereocenters. The zero-order chi connectivity index (χ0) is 15.1. The minimum atomic E-state index is 0.708. The SMILES string of the molecule is CCc1nc(Nc2ccccc2Cl)c2c3c(sc2n1)CCC3. The van der Waals surface area contributed by atoms with Gasteiger partial charge < -0.3 is 5.32 Å². The molecule has 0 aliphatic heterocycles. The van der Waals surface area contributed by atoms with Crippen molar-refractivity contribution in [2.75, 3.05) is 5.32 Å². The molecule has 1 aromatic carbocycles. The average molecular weight is 330 g/mol. The Labute approximate surface area is 138 Å². The number of rotatable bonds is 3. The maximum absolute atomic E-state index is 6.29. The molecular weight excluding hydrogens is 314 g/mol. The summed E-state index contributed by atoms with van der Waals surface area (Å²) in [6.45, 7) is 2.09. The van der Waals surface area contributed by atoms with Crippen LogP contribution in [0.2, 0.25) is 5.02 Å². The summed E-state index contributed by atoms with van der Waals surface area (Å²) in [5.41, 5.74) is 2.32. The number of nitrogens with zero attached hydrogens (tertiary/aromatic N) is 2. The van der Waals surface area contributed by atoms with Crippen molar-refractivity contribution in [1.82, 2.24) is 9.97 Å². The van der Waals surface area contributed by atoms with Gasteiger partial charge in [-0.25, -0.2) is 9.97 Å². The van der Waals surface area contributed by atoms with Gasteiger partial charge >= 0.3 is 0 Å². The largest absolute Gasteiger partial charge is 0.338 e. The van der Waals surface area contributed by atoms with E-state index in [9.17, 15) is 0 Å². The van der Waals surface area contributed by atoms with Gasteiger partial charge in [-0.15, -0.1) is 11.3 Å². The second-order valence-corrected chi connectivity index (χ2v) is 6.98. The Morgan fingerprint density at radius 1 is 1.23 bits per heavy atom. The molecule has 0 spiro atoms. The van der Waals surface area contributed by atoms with Crippen molar-refractivity contribution in [2.24, 2.45) is 0 Å². The van der Waals surface area contributed by atoms with E-state index in [0.717, 1.165) is 35.0 Å². The Kier molecular flexibility index (Phi) is 3.51. The lowest BCUT2D eigenvalue weighted by Crippen LogP contribution is -2.01. The molecule has 1 aliphatic carbocycles. The van der Waals surface area contributed by atoms with Crippen LogP contribution in [0.3, 0.4) is 0 Å². The smallest absolute Gasteiger partial charge is 0.143 e. The fraction of sp³-hybridized carbons (Fsp3) is 0.294. The van der Waals surface area contributed by atoms with Crippen molar-refractivity contribution in [3.8, 4) is 0 Å². The number of hydrogen-bond donors (Lipinski definition) is 1. The molecule has 0 atom stereocenters. The van der Waals surface area contributed by atoms with Crippen LogP contribution in [0.25, 0.3) is 10.2 Å². The second-order valence-electron chi connectivity index (χ2n) is 5.48. The van der Waals surface area contributed by atoms with E-state index in [4.69, 9.17) is 21.6 Å². The highest BCUT2D eigenvalue weighted by molar-refractivity contribution is 7.19. The van der Waals surface area contributed by atoms with Crippen LogP contribution in [-0.2, 0) is 19.3 Å². The van der Waals surface area contributed by atoms with Gasteiger partial charge in [0, 0.05) is 11.3 Å². The van der Waals surface area contributed by atoms with Crippen LogP contribution in [0.5, 0.6) is 0 Å². The highest BCUT2D eigenvalue weighted by atomic mass is 35.5. The molecule has 0 saturated carbocycles. The lowest BCUT2D eigenvalue weighted by atomic mass is 10.2. The van der Waals surface area contributed by atoms with Crippen LogP contribution in [0.15, 0.2) is 24.3 Å². The monoisotopic (exact) mass is 329 g/mol. The minimum absolute atomic E-state index is 0.708. The lowest BCUT2D eigenvalue weighted by Gasteiger charge is -2.10. The number of aryl methyl sites for hydroxylation is 3. The van der Waals surface area contributed by atoms with Crippen molar-refractivity contribution in [3.63, 3.8) is 0 Å². The fourth-order valence-electron chi connectivity index (χ4n) is 2.98. The first-order valence-electron chi connectivity index (χ1n) is 7.59. The Hall–Kier alpha value is -1.65. The Balaban J connectivity index is 1.90. The second kappa shape index (κ2) is 5.52. The Morgan fingerprint density at radius 3 is 2.91 bits per heavy atom. The van der Waals surface area contributed by atoms with Gasteiger partial charge in [-0.3, -0.25) is 0 Å². The van der Waals surface area contributed by atoms with Gasteiger partial charge in [0.25, 0.3) is 0 Å². The van der Waals surface area contributed by atoms with Crippen LogP contribution in [0, 0.1) is 0 Å². The van der Waals surface area contributed by atoms with Gasteiger partial charge in [-0.1, -0.05) is 30.7 Å². The van der Waals surface area contributed by atoms with Crippen LogP contribution in [0.1, 0.15) is 29.6 Å². The third-order valence-corrected chi connectivity index (χ3v) is 5.57. The fourth-order valence-corrected chi connectivity index (χ4v) is 4.44. The van der Waals surface area contributed by atoms with E-state index in [1.165, 1.54) is 28.7 Å². The third kappa shape index (κ3) is 2.27. The Morgan fingerprint density at radius 2 is 2.09 bits per heavy atom. The molecule has 0 radical (unpaired) electrons. The van der Waals surface area contributed by atoms with E-state index < -0.39 is 0 Å². The zero-order valence-electron chi connectivity index (χ0n) is 12.3. The molecule has 0 fully saturated rings. The molecule has 2 aromatic heterocycles. The van der Waals surface area contributed by atoms with E-state index in [0.29, 0.717) is 5.02 Å². The molecule has 0 saturated heterocycles. The van der Waals surface area contributed by atoms with Gasteiger partial charge in [-0.2, -0.15) is 0 Å². The summed E-state index contributed by atoms with van der Waals surface area (Å²) in [4.78, 5) is 12.0. The number of aromatic nitrogens is 2. The average Bonchev–Trinajstić information content (AvgIpc) is 3.09. The zero-order valence-corrected chi connectivity index (χ0v) is 13.9. The molecule has 5 heteroatoms. The molecule has 0 bridgehead atoms. The number of hydrogen-bond acceptors (Lipinski definition) is 4. The van der Waals surface area contributed by atoms with E-state index in [2.05, 4.69) is 12.2 Å². The first kappa shape index (κ1) is 14.0. The van der Waals surface area contributed by atoms with Crippen LogP contribution in [-0.4, -0.2) is 9.97 Å². The Bertz CT molecular complexity index is 856. The first-order valence-corrected chi connectivity index (χ1v) is 8.78. The molecule has 1 N–H and O–H groups in total. The van der Waals surface area contributed by atoms with Gasteiger partial charge in [-0.05, 0) is 37.0 Å². The summed E-state index contributed by atoms with van der Waals surface area (Å²) in [6.07, 6.45) is 4.36. The number of anilines is 2. The normalized spacial score (nSPS) is 13.5. The third-order valence-electron chi connectivity index (χ3n) is 4.05. The van der Waals surface area contributed by atoms with Crippen molar-refractivity contribution in [3.05, 3.63) is 45.6 Å². The molecule has 3 nitrogen and oxygen atoms in total. The summed E-state index contributed by atoms with van der Waals surface area (Å²) in [5.74, 6) is 1.77. The topological polar surface area (TPSA) is 37.8 Å². The maximum Gasteiger partial charge on any atom is 0.143 e. The molecule has 0 amide bonds. The van der Waals surface area contributed by atoms with Crippen LogP contribution >= 0.6 is 22.9 Å². The summed E-state index contributed by atoms with van der Waals surface area (Å²) >= 11 is 8.11. The van der Waals surface area contributed by atoms with Crippen molar-refractivity contribution in [1.29, 1.82) is 0 Å². The molecule has 112 valence electrons. The number of halogens is 1. The molecule has 4 rings (SSSR count). The van der Waals surface area contributed by atoms with Crippen molar-refractivity contribution in [2.45, 2.75) is 32.6 Å². The number of benzene rings is 1. The quantitative estimate of drug-likeness (QED) is 0.723. The minimum Gasteiger partial charge on any atom is -0.338 e. The summed E-state index contributed by atoms with van der Waals surface area (Å²) in [6, 6.07) is 7.78. The molecular formula is C17H16ClN3S. The maximum atomic E-state index is 6.29. The number of para-hydroxylation sites is 1. The lowest BCUT2D eigenvalue weighted by molar-refractivity contribution is 0.915. The van der Waals surface area contributed by atoms with Crippen molar-refractivity contribution < 1.29 is 0 Å². The molecule has 22 heavy (non-hydrogen) atoms. The highest BCUT2D eigenvalue weighted by Crippen LogP contribution is 2.40. The van der Waals surface area contributed by atoms with Crippen molar-refractivity contribution >= 4 is 44.7 Å². The number of fused-ring (bicyclic) bond motifs is 3. The van der Waals surface area contributed by atoms with E-state index in [1.807, 2.05) is 35.6 Å². The number of nitrogens with one attached hydrogen (secondary N) is 1. The standard InChI is InChI=1S/C17H16ClN3S/c1-2-14-20-16(19-12-8-4-3-7-11(12)18)15-10-6-5-9-13(10)22-17(15)21-14/h3-4,7-8H,2,5-6,9H2,1H3,(H,19,20,21). The van der Waals surface area contributed by atoms with Crippen LogP contribution in [0.4, 0.5) is 11.5 Å². The highest BCUT2D eigenvalue weighted by Gasteiger charge is 2.22. The molecule has 3 aromatic rings. The predicted molar refractivity (Wildman–Crippen MR) is 93.6 cm³/mol. The molecule has 1 aliphatic rings. The van der Waals surface area contributed by atoms with Gasteiger partial charge in [0.15, 0.2) is 0 Å². The predicted octanol–water partition coefficient (Wildman–Crippen LogP) is 5.14. The molecule has 2 heterocycles. The van der Waals surface area contributed by atoms with Gasteiger partial charge in [0.05, 0.1) is 16.1 Å². The summed E-state index contributed by atoms with van der Waals surface area (Å²) in [7, 11) is 0. The van der Waals surface area contributed by atoms with E-state index >= 15 is 0 Å². The van der Waals surface area contributed by atoms with Gasteiger partial charge in [0.2, 0.25) is 0 Å². The van der Waals surface area contributed by atoms with E-state index in [-0.39, 0.29) is 0 Å². The van der Waals surface area contributed by atoms with Crippen LogP contribution < -0.4 is 5.32 Å². The summed E-state index contributed by atoms with van der Waals surface area (Å²) < 4.78 is 0.